The second-order valence-electron chi connectivity index (χ2n) is 4.55. The van der Waals surface area contributed by atoms with Gasteiger partial charge in [0.2, 0.25) is 0 Å². The van der Waals surface area contributed by atoms with E-state index in [-0.39, 0.29) is 5.97 Å². The third kappa shape index (κ3) is 3.34. The van der Waals surface area contributed by atoms with E-state index < -0.39 is 0 Å². The number of hydrogen-bond acceptors (Lipinski definition) is 6. The summed E-state index contributed by atoms with van der Waals surface area (Å²) in [5.41, 5.74) is 6.68. The fraction of sp³-hybridized carbons (Fsp3) is 0.333. The van der Waals surface area contributed by atoms with Crippen molar-refractivity contribution >= 4 is 28.2 Å². The second kappa shape index (κ2) is 6.78. The fourth-order valence-corrected chi connectivity index (χ4v) is 2.15. The van der Waals surface area contributed by atoms with E-state index in [9.17, 15) is 4.79 Å². The molecule has 0 spiro atoms. The van der Waals surface area contributed by atoms with Gasteiger partial charge in [0, 0.05) is 30.2 Å². The van der Waals surface area contributed by atoms with E-state index in [1.807, 2.05) is 12.1 Å². The van der Waals surface area contributed by atoms with E-state index in [1.54, 1.807) is 19.4 Å². The highest BCUT2D eigenvalue weighted by molar-refractivity contribution is 6.03. The van der Waals surface area contributed by atoms with Crippen LogP contribution in [-0.4, -0.2) is 31.7 Å². The fourth-order valence-electron chi connectivity index (χ4n) is 2.15. The van der Waals surface area contributed by atoms with Crippen LogP contribution in [0.5, 0.6) is 5.75 Å². The van der Waals surface area contributed by atoms with Gasteiger partial charge in [-0.2, -0.15) is 0 Å². The summed E-state index contributed by atoms with van der Waals surface area (Å²) in [6, 6.07) is 5.49. The molecule has 0 saturated carbocycles. The maximum absolute atomic E-state index is 11.1. The molecule has 6 nitrogen and oxygen atoms in total. The van der Waals surface area contributed by atoms with Crippen molar-refractivity contribution in [1.82, 2.24) is 4.98 Å². The molecule has 0 aliphatic rings. The molecule has 0 aliphatic heterocycles. The third-order valence-electron chi connectivity index (χ3n) is 3.22. The molecule has 0 atom stereocenters. The summed E-state index contributed by atoms with van der Waals surface area (Å²) in [4.78, 5) is 15.4. The predicted octanol–water partition coefficient (Wildman–Crippen LogP) is 2.19. The Bertz CT molecular complexity index is 643. The number of esters is 1. The molecule has 0 amide bonds. The highest BCUT2D eigenvalue weighted by atomic mass is 16.5. The zero-order valence-electron chi connectivity index (χ0n) is 12.2. The van der Waals surface area contributed by atoms with Crippen LogP contribution in [0.3, 0.4) is 0 Å². The number of fused-ring (bicyclic) bond motifs is 1. The Morgan fingerprint density at radius 1 is 1.33 bits per heavy atom. The van der Waals surface area contributed by atoms with Crippen LogP contribution in [-0.2, 0) is 9.53 Å². The van der Waals surface area contributed by atoms with Gasteiger partial charge < -0.3 is 20.5 Å². The molecule has 2 aromatic rings. The molecule has 112 valence electrons. The van der Waals surface area contributed by atoms with Crippen LogP contribution >= 0.6 is 0 Å². The molecule has 1 aromatic carbocycles. The minimum Gasteiger partial charge on any atom is -0.496 e. The lowest BCUT2D eigenvalue weighted by molar-refractivity contribution is -0.140. The number of pyridine rings is 1. The van der Waals surface area contributed by atoms with Crippen molar-refractivity contribution in [2.75, 3.05) is 31.8 Å². The average Bonchev–Trinajstić information content (AvgIpc) is 2.51. The maximum Gasteiger partial charge on any atom is 0.305 e. The highest BCUT2D eigenvalue weighted by Gasteiger charge is 2.10. The molecule has 1 heterocycles. The number of benzene rings is 1. The Morgan fingerprint density at radius 2 is 2.14 bits per heavy atom. The molecular formula is C15H19N3O3. The molecule has 0 aliphatic carbocycles. The van der Waals surface area contributed by atoms with Gasteiger partial charge in [0.25, 0.3) is 0 Å². The first-order valence-corrected chi connectivity index (χ1v) is 6.69. The molecule has 1 aromatic heterocycles. The standard InChI is InChI=1S/C15H19N3O3/c1-20-12-6-5-11(16)14-10(12)7-9-18-15(14)17-8-3-4-13(19)21-2/h5-7,9H,3-4,8,16H2,1-2H3,(H,17,18). The number of rotatable bonds is 6. The van der Waals surface area contributed by atoms with Crippen LogP contribution in [0.4, 0.5) is 11.5 Å². The predicted molar refractivity (Wildman–Crippen MR) is 82.4 cm³/mol. The van der Waals surface area contributed by atoms with E-state index in [4.69, 9.17) is 10.5 Å². The van der Waals surface area contributed by atoms with E-state index in [0.717, 1.165) is 16.5 Å². The minimum absolute atomic E-state index is 0.219. The number of carbonyl (C=O) groups excluding carboxylic acids is 1. The van der Waals surface area contributed by atoms with Gasteiger partial charge in [0.05, 0.1) is 19.6 Å². The number of nitrogens with two attached hydrogens (primary N) is 1. The number of hydrogen-bond donors (Lipinski definition) is 2. The van der Waals surface area contributed by atoms with Gasteiger partial charge in [-0.15, -0.1) is 0 Å². The number of methoxy groups -OCH3 is 2. The molecule has 0 saturated heterocycles. The van der Waals surface area contributed by atoms with Crippen molar-refractivity contribution in [2.45, 2.75) is 12.8 Å². The topological polar surface area (TPSA) is 86.5 Å². The Morgan fingerprint density at radius 3 is 2.86 bits per heavy atom. The van der Waals surface area contributed by atoms with Gasteiger partial charge >= 0.3 is 5.97 Å². The normalized spacial score (nSPS) is 10.4. The van der Waals surface area contributed by atoms with Crippen LogP contribution in [0.2, 0.25) is 0 Å². The van der Waals surface area contributed by atoms with Gasteiger partial charge in [-0.05, 0) is 24.6 Å². The van der Waals surface area contributed by atoms with E-state index in [2.05, 4.69) is 15.0 Å². The number of aromatic nitrogens is 1. The highest BCUT2D eigenvalue weighted by Crippen LogP contribution is 2.33. The van der Waals surface area contributed by atoms with Gasteiger partial charge in [-0.3, -0.25) is 4.79 Å². The zero-order chi connectivity index (χ0) is 15.2. The lowest BCUT2D eigenvalue weighted by Crippen LogP contribution is -2.08. The van der Waals surface area contributed by atoms with Crippen molar-refractivity contribution in [3.63, 3.8) is 0 Å². The first-order valence-electron chi connectivity index (χ1n) is 6.69. The summed E-state index contributed by atoms with van der Waals surface area (Å²) in [7, 11) is 3.00. The number of ether oxygens (including phenoxy) is 2. The summed E-state index contributed by atoms with van der Waals surface area (Å²) < 4.78 is 9.94. The average molecular weight is 289 g/mol. The van der Waals surface area contributed by atoms with E-state index >= 15 is 0 Å². The van der Waals surface area contributed by atoms with Crippen LogP contribution in [0.1, 0.15) is 12.8 Å². The first-order chi connectivity index (χ1) is 10.2. The number of nitrogens with zero attached hydrogens (tertiary/aromatic N) is 1. The van der Waals surface area contributed by atoms with Crippen molar-refractivity contribution in [1.29, 1.82) is 0 Å². The third-order valence-corrected chi connectivity index (χ3v) is 3.22. The number of nitrogen functional groups attached to an aromatic ring is 1. The summed E-state index contributed by atoms with van der Waals surface area (Å²) in [6.07, 6.45) is 2.73. The molecule has 0 fully saturated rings. The quantitative estimate of drug-likeness (QED) is 0.481. The number of carbonyl (C=O) groups is 1. The van der Waals surface area contributed by atoms with Crippen molar-refractivity contribution in [2.24, 2.45) is 0 Å². The Kier molecular flexibility index (Phi) is 4.81. The molecular weight excluding hydrogens is 270 g/mol. The van der Waals surface area contributed by atoms with Gasteiger partial charge in [-0.25, -0.2) is 4.98 Å². The Hall–Kier alpha value is -2.50. The van der Waals surface area contributed by atoms with Gasteiger partial charge in [-0.1, -0.05) is 0 Å². The number of anilines is 2. The van der Waals surface area contributed by atoms with Crippen LogP contribution in [0.25, 0.3) is 10.8 Å². The van der Waals surface area contributed by atoms with E-state index in [1.165, 1.54) is 7.11 Å². The van der Waals surface area contributed by atoms with Crippen molar-refractivity contribution in [3.8, 4) is 5.75 Å². The van der Waals surface area contributed by atoms with Gasteiger partial charge in [0.15, 0.2) is 0 Å². The molecule has 0 unspecified atom stereocenters. The summed E-state index contributed by atoms with van der Waals surface area (Å²) >= 11 is 0. The lowest BCUT2D eigenvalue weighted by atomic mass is 10.1. The smallest absolute Gasteiger partial charge is 0.305 e. The molecule has 2 rings (SSSR count). The first kappa shape index (κ1) is 14.9. The van der Waals surface area contributed by atoms with Crippen LogP contribution in [0, 0.1) is 0 Å². The number of nitrogens with one attached hydrogen (secondary N) is 1. The molecule has 21 heavy (non-hydrogen) atoms. The molecule has 6 heteroatoms. The SMILES string of the molecule is COC(=O)CCCNc1nccc2c(OC)ccc(N)c12. The Labute approximate surface area is 123 Å². The monoisotopic (exact) mass is 289 g/mol. The van der Waals surface area contributed by atoms with Crippen LogP contribution in [0.15, 0.2) is 24.4 Å². The second-order valence-corrected chi connectivity index (χ2v) is 4.55. The summed E-state index contributed by atoms with van der Waals surface area (Å²) in [5, 5.41) is 4.94. The molecule has 0 bridgehead atoms. The molecule has 3 N–H and O–H groups in total. The molecule has 0 radical (unpaired) electrons. The lowest BCUT2D eigenvalue weighted by Gasteiger charge is -2.12. The zero-order valence-corrected chi connectivity index (χ0v) is 12.2. The summed E-state index contributed by atoms with van der Waals surface area (Å²) in [5.74, 6) is 1.22. The maximum atomic E-state index is 11.1. The minimum atomic E-state index is -0.219. The van der Waals surface area contributed by atoms with Crippen molar-refractivity contribution < 1.29 is 14.3 Å². The largest absolute Gasteiger partial charge is 0.496 e. The Balaban J connectivity index is 2.18. The summed E-state index contributed by atoms with van der Waals surface area (Å²) in [6.45, 7) is 0.609. The van der Waals surface area contributed by atoms with Crippen molar-refractivity contribution in [3.05, 3.63) is 24.4 Å². The van der Waals surface area contributed by atoms with Gasteiger partial charge in [0.1, 0.15) is 11.6 Å². The van der Waals surface area contributed by atoms with E-state index in [0.29, 0.717) is 30.9 Å². The van der Waals surface area contributed by atoms with Crippen LogP contribution < -0.4 is 15.8 Å².